The van der Waals surface area contributed by atoms with Gasteiger partial charge in [0.25, 0.3) is 11.8 Å². The fraction of sp³-hybridized carbons (Fsp3) is 0.0870. The maximum absolute atomic E-state index is 13.0. The molecule has 0 bridgehead atoms. The molecule has 3 heterocycles. The smallest absolute Gasteiger partial charge is 0.368 e. The van der Waals surface area contributed by atoms with Crippen molar-refractivity contribution in [1.29, 1.82) is 0 Å². The first-order valence-electron chi connectivity index (χ1n) is 9.71. The Morgan fingerprint density at radius 2 is 1.87 bits per heavy atom. The Morgan fingerprint density at radius 3 is 2.61 bits per heavy atom. The highest BCUT2D eigenvalue weighted by Crippen LogP contribution is 2.29. The van der Waals surface area contributed by atoms with E-state index in [1.807, 2.05) is 66.7 Å². The molecule has 0 aliphatic carbocycles. The van der Waals surface area contributed by atoms with Gasteiger partial charge in [0.15, 0.2) is 0 Å². The van der Waals surface area contributed by atoms with Gasteiger partial charge in [0.1, 0.15) is 16.6 Å². The summed E-state index contributed by atoms with van der Waals surface area (Å²) in [7, 11) is 0. The molecule has 0 radical (unpaired) electrons. The summed E-state index contributed by atoms with van der Waals surface area (Å²) in [5.41, 5.74) is 2.42. The molecule has 0 saturated heterocycles. The molecule has 3 aromatic heterocycles. The molecule has 8 heteroatoms. The minimum absolute atomic E-state index is 0.232. The molecule has 31 heavy (non-hydrogen) atoms. The molecule has 0 fully saturated rings. The number of amides is 1. The number of para-hydroxylation sites is 1. The van der Waals surface area contributed by atoms with Gasteiger partial charge in [-0.3, -0.25) is 4.79 Å². The molecule has 6 nitrogen and oxygen atoms in total. The van der Waals surface area contributed by atoms with Crippen LogP contribution in [-0.2, 0) is 6.42 Å². The number of carbonyl (C=O) groups is 1. The summed E-state index contributed by atoms with van der Waals surface area (Å²) in [6.07, 6.45) is 2.09. The van der Waals surface area contributed by atoms with Crippen LogP contribution in [0.5, 0.6) is 0 Å². The van der Waals surface area contributed by atoms with Crippen LogP contribution in [0.3, 0.4) is 0 Å². The normalized spacial score (nSPS) is 12.2. The Kier molecular flexibility index (Phi) is 5.28. The van der Waals surface area contributed by atoms with Gasteiger partial charge in [0.2, 0.25) is 5.69 Å². The van der Waals surface area contributed by atoms with Gasteiger partial charge in [-0.2, -0.15) is 0 Å². The van der Waals surface area contributed by atoms with E-state index < -0.39 is 6.04 Å². The number of nitrogens with zero attached hydrogens (tertiary/aromatic N) is 2. The van der Waals surface area contributed by atoms with Gasteiger partial charge in [0, 0.05) is 29.0 Å². The minimum atomic E-state index is -0.440. The number of aromatic amines is 1. The predicted molar refractivity (Wildman–Crippen MR) is 120 cm³/mol. The highest BCUT2D eigenvalue weighted by molar-refractivity contribution is 7.22. The maximum Gasteiger partial charge on any atom is 0.368 e. The average Bonchev–Trinajstić information content (AvgIpc) is 3.49. The molecule has 0 aliphatic rings. The number of halogens is 1. The van der Waals surface area contributed by atoms with E-state index in [1.54, 1.807) is 17.1 Å². The van der Waals surface area contributed by atoms with Gasteiger partial charge in [0.05, 0.1) is 4.34 Å². The standard InChI is InChI=1S/C23H17ClN4O2S/c24-20-13-16-12-18(26-23(16)31-20)21(29)25-19(11-15-7-3-1-4-8-15)22-27-28(14-30-22)17-9-5-2-6-10-17/h1-10,12-14,19H,11H2,(H-,25,26,29)/p+1/t19-/m0/s1. The molecule has 0 spiro atoms. The van der Waals surface area contributed by atoms with Gasteiger partial charge >= 0.3 is 6.39 Å². The van der Waals surface area contributed by atoms with Crippen LogP contribution in [0.25, 0.3) is 15.9 Å². The van der Waals surface area contributed by atoms with Gasteiger partial charge in [-0.1, -0.05) is 60.1 Å². The lowest BCUT2D eigenvalue weighted by molar-refractivity contribution is -0.660. The molecular weight excluding hydrogens is 432 g/mol. The van der Waals surface area contributed by atoms with Crippen molar-refractivity contribution in [3.63, 3.8) is 0 Å². The molecular formula is C23H18ClN4O2S+. The number of rotatable bonds is 6. The van der Waals surface area contributed by atoms with E-state index in [2.05, 4.69) is 15.4 Å². The summed E-state index contributed by atoms with van der Waals surface area (Å²) in [6, 6.07) is 22.8. The summed E-state index contributed by atoms with van der Waals surface area (Å²) in [6.45, 7) is 0. The Labute approximate surface area is 187 Å². The first-order valence-corrected chi connectivity index (χ1v) is 10.9. The van der Waals surface area contributed by atoms with E-state index in [9.17, 15) is 4.79 Å². The van der Waals surface area contributed by atoms with Crippen molar-refractivity contribution >= 4 is 39.1 Å². The number of nitrogens with one attached hydrogen (secondary N) is 2. The second kappa shape index (κ2) is 8.37. The van der Waals surface area contributed by atoms with E-state index in [4.69, 9.17) is 16.0 Å². The van der Waals surface area contributed by atoms with Crippen LogP contribution in [0.4, 0.5) is 0 Å². The van der Waals surface area contributed by atoms with Gasteiger partial charge < -0.3 is 14.7 Å². The lowest BCUT2D eigenvalue weighted by atomic mass is 10.1. The third-order valence-corrected chi connectivity index (χ3v) is 6.11. The van der Waals surface area contributed by atoms with Crippen molar-refractivity contribution in [3.05, 3.63) is 101 Å². The molecule has 154 valence electrons. The Bertz CT molecular complexity index is 1300. The van der Waals surface area contributed by atoms with Crippen molar-refractivity contribution in [3.8, 4) is 5.69 Å². The zero-order chi connectivity index (χ0) is 21.2. The molecule has 0 aliphatic heterocycles. The van der Waals surface area contributed by atoms with Crippen molar-refractivity contribution in [2.24, 2.45) is 0 Å². The molecule has 1 amide bonds. The summed E-state index contributed by atoms with van der Waals surface area (Å²) in [5, 5.41) is 8.55. The highest BCUT2D eigenvalue weighted by atomic mass is 35.5. The van der Waals surface area contributed by atoms with E-state index in [-0.39, 0.29) is 5.91 Å². The van der Waals surface area contributed by atoms with Crippen molar-refractivity contribution < 1.29 is 13.9 Å². The van der Waals surface area contributed by atoms with Crippen LogP contribution in [0.15, 0.2) is 83.6 Å². The fourth-order valence-electron chi connectivity index (χ4n) is 3.41. The first-order chi connectivity index (χ1) is 15.2. The summed E-state index contributed by atoms with van der Waals surface area (Å²) in [5.74, 6) is 0.197. The molecule has 0 unspecified atom stereocenters. The van der Waals surface area contributed by atoms with Crippen LogP contribution >= 0.6 is 22.9 Å². The van der Waals surface area contributed by atoms with Gasteiger partial charge in [-0.05, 0) is 22.4 Å². The second-order valence-electron chi connectivity index (χ2n) is 7.08. The van der Waals surface area contributed by atoms with E-state index >= 15 is 0 Å². The minimum Gasteiger partial charge on any atom is -0.385 e. The third kappa shape index (κ3) is 4.23. The molecule has 1 atom stereocenters. The second-order valence-corrected chi connectivity index (χ2v) is 8.76. The van der Waals surface area contributed by atoms with Crippen LogP contribution < -0.4 is 10.00 Å². The number of aromatic nitrogens is 3. The molecule has 5 aromatic rings. The number of hydrogen-bond acceptors (Lipinski definition) is 4. The Balaban J connectivity index is 1.43. The monoisotopic (exact) mass is 449 g/mol. The van der Waals surface area contributed by atoms with Gasteiger partial charge in [-0.25, -0.2) is 0 Å². The zero-order valence-corrected chi connectivity index (χ0v) is 17.9. The number of fused-ring (bicyclic) bond motifs is 1. The first kappa shape index (κ1) is 19.5. The SMILES string of the molecule is O=C(N[C@@H](Cc1ccccc1)c1n[n+](-c2ccccc2)co1)c1cc2cc(Cl)sc2[nH]1. The zero-order valence-electron chi connectivity index (χ0n) is 16.3. The quantitative estimate of drug-likeness (QED) is 0.363. The van der Waals surface area contributed by atoms with Crippen molar-refractivity contribution in [2.75, 3.05) is 0 Å². The van der Waals surface area contributed by atoms with Crippen molar-refractivity contribution in [2.45, 2.75) is 12.5 Å². The van der Waals surface area contributed by atoms with E-state index in [1.165, 1.54) is 11.3 Å². The summed E-state index contributed by atoms with van der Waals surface area (Å²) >= 11 is 7.44. The van der Waals surface area contributed by atoms with Crippen molar-refractivity contribution in [1.82, 2.24) is 15.4 Å². The lowest BCUT2D eigenvalue weighted by Crippen LogP contribution is -2.35. The number of hydrogen-bond donors (Lipinski definition) is 2. The molecule has 2 aromatic carbocycles. The number of carbonyl (C=O) groups excluding carboxylic acids is 1. The average molecular weight is 450 g/mol. The van der Waals surface area contributed by atoms with Crippen LogP contribution in [0.2, 0.25) is 4.34 Å². The largest absolute Gasteiger partial charge is 0.385 e. The lowest BCUT2D eigenvalue weighted by Gasteiger charge is -2.14. The fourth-order valence-corrected chi connectivity index (χ4v) is 4.54. The number of H-pyrrole nitrogens is 1. The highest BCUT2D eigenvalue weighted by Gasteiger charge is 2.26. The molecule has 0 saturated carbocycles. The molecule has 5 rings (SSSR count). The Hall–Kier alpha value is -3.42. The summed E-state index contributed by atoms with van der Waals surface area (Å²) < 4.78 is 8.10. The molecule has 2 N–H and O–H groups in total. The van der Waals surface area contributed by atoms with Gasteiger partial charge in [-0.15, -0.1) is 11.3 Å². The van der Waals surface area contributed by atoms with Crippen LogP contribution in [0, 0.1) is 0 Å². The van der Waals surface area contributed by atoms with Crippen LogP contribution in [0.1, 0.15) is 28.0 Å². The number of benzene rings is 2. The number of thiophene rings is 1. The van der Waals surface area contributed by atoms with E-state index in [0.717, 1.165) is 21.5 Å². The summed E-state index contributed by atoms with van der Waals surface area (Å²) in [4.78, 5) is 17.0. The topological polar surface area (TPSA) is 74.8 Å². The third-order valence-electron chi connectivity index (χ3n) is 4.91. The Morgan fingerprint density at radius 1 is 1.13 bits per heavy atom. The van der Waals surface area contributed by atoms with E-state index in [0.29, 0.717) is 22.3 Å². The van der Waals surface area contributed by atoms with Crippen LogP contribution in [-0.4, -0.2) is 16.0 Å². The predicted octanol–water partition coefficient (Wildman–Crippen LogP) is 4.86. The maximum atomic E-state index is 13.0.